The van der Waals surface area contributed by atoms with Crippen molar-refractivity contribution >= 4 is 105 Å². The Kier molecular flexibility index (Phi) is 49.7. The number of primary amides is 1. The van der Waals surface area contributed by atoms with Crippen molar-refractivity contribution in [3.63, 3.8) is 0 Å². The lowest BCUT2D eigenvalue weighted by Gasteiger charge is -2.41. The first kappa shape index (κ1) is 121. The van der Waals surface area contributed by atoms with E-state index in [4.69, 9.17) is 38.9 Å². The summed E-state index contributed by atoms with van der Waals surface area (Å²) in [6.45, 7) is 28.5. The highest BCUT2D eigenvalue weighted by Crippen LogP contribution is 2.45. The number of amides is 13. The lowest BCUT2D eigenvalue weighted by atomic mass is 9.89. The number of nitrogens with two attached hydrogens (primary N) is 1. The summed E-state index contributed by atoms with van der Waals surface area (Å²) in [6, 6.07) is 38.3. The summed E-state index contributed by atoms with van der Waals surface area (Å²) in [6.07, 6.45) is 4.69. The van der Waals surface area contributed by atoms with Crippen molar-refractivity contribution in [2.75, 3.05) is 121 Å². The number of thiazole rings is 1. The molecule has 36 nitrogen and oxygen atoms in total. The lowest BCUT2D eigenvalue weighted by molar-refractivity contribution is -0.156. The molecule has 37 heteroatoms. The number of carbonyl (C=O) groups is 13. The zero-order valence-corrected chi connectivity index (χ0v) is 91.1. The van der Waals surface area contributed by atoms with Crippen molar-refractivity contribution in [3.8, 4) is 11.1 Å². The van der Waals surface area contributed by atoms with Gasteiger partial charge in [0, 0.05) is 141 Å². The van der Waals surface area contributed by atoms with Gasteiger partial charge in [0.05, 0.1) is 82.6 Å². The Hall–Kier alpha value is -12.4. The Labute approximate surface area is 877 Å². The second-order valence-corrected chi connectivity index (χ2v) is 40.9. The number of alkyl carbamates (subject to hydrolysis) is 1. The number of aryl methyl sites for hydroxylation is 2. The van der Waals surface area contributed by atoms with Gasteiger partial charge in [-0.25, -0.2) is 19.4 Å². The van der Waals surface area contributed by atoms with Crippen molar-refractivity contribution in [1.82, 2.24) is 71.3 Å². The molecule has 7 aromatic rings. The number of hydrogen-bond donors (Lipinski definition) is 9. The molecule has 2 fully saturated rings. The molecule has 2 aromatic heterocycles. The van der Waals surface area contributed by atoms with Gasteiger partial charge in [-0.05, 0) is 166 Å². The van der Waals surface area contributed by atoms with E-state index in [0.29, 0.717) is 90.0 Å². The molecule has 10 rings (SSSR count). The first-order valence-electron chi connectivity index (χ1n) is 51.9. The van der Waals surface area contributed by atoms with E-state index >= 15 is 0 Å². The Morgan fingerprint density at radius 1 is 0.635 bits per heavy atom. The van der Waals surface area contributed by atoms with Crippen LogP contribution in [0.1, 0.15) is 212 Å². The summed E-state index contributed by atoms with van der Waals surface area (Å²) in [7, 11) is 11.0. The van der Waals surface area contributed by atoms with E-state index in [-0.39, 0.29) is 161 Å². The lowest BCUT2D eigenvalue weighted by Crippen LogP contribution is -2.60. The van der Waals surface area contributed by atoms with Gasteiger partial charge < -0.3 is 106 Å². The van der Waals surface area contributed by atoms with Crippen LogP contribution in [0.15, 0.2) is 145 Å². The molecule has 2 saturated heterocycles. The number of urea groups is 1. The maximum atomic E-state index is 14.4. The molecular weight excluding hydrogens is 1910 g/mol. The number of para-hydroxylation sites is 1. The molecule has 0 saturated carbocycles. The van der Waals surface area contributed by atoms with Crippen LogP contribution in [0.3, 0.4) is 0 Å². The van der Waals surface area contributed by atoms with Crippen LogP contribution in [0.25, 0.3) is 22.0 Å². The van der Waals surface area contributed by atoms with Crippen molar-refractivity contribution in [1.29, 1.82) is 0 Å². The van der Waals surface area contributed by atoms with Crippen LogP contribution < -0.4 is 48.3 Å². The van der Waals surface area contributed by atoms with Gasteiger partial charge in [0.1, 0.15) is 41.4 Å². The number of aromatic nitrogens is 2. The van der Waals surface area contributed by atoms with Gasteiger partial charge in [0.2, 0.25) is 53.2 Å². The second-order valence-electron chi connectivity index (χ2n) is 40.0. The van der Waals surface area contributed by atoms with Gasteiger partial charge >= 0.3 is 24.2 Å². The quantitative estimate of drug-likeness (QED) is 0.00971. The summed E-state index contributed by atoms with van der Waals surface area (Å²) < 4.78 is 41.1. The summed E-state index contributed by atoms with van der Waals surface area (Å²) in [5.74, 6) is -4.70. The molecule has 3 aliphatic rings. The Morgan fingerprint density at radius 3 is 1.86 bits per heavy atom. The molecule has 812 valence electrons. The van der Waals surface area contributed by atoms with E-state index < -0.39 is 89.7 Å². The zero-order chi connectivity index (χ0) is 108. The van der Waals surface area contributed by atoms with Crippen molar-refractivity contribution in [2.24, 2.45) is 35.3 Å². The van der Waals surface area contributed by atoms with Crippen LogP contribution in [0.2, 0.25) is 0 Å². The third-order valence-electron chi connectivity index (χ3n) is 27.3. The highest BCUT2D eigenvalue weighted by Gasteiger charge is 2.45. The van der Waals surface area contributed by atoms with Crippen molar-refractivity contribution < 1.29 is 95.5 Å². The molecule has 13 amide bonds. The predicted octanol–water partition coefficient (Wildman–Crippen LogP) is 12.9. The van der Waals surface area contributed by atoms with Crippen LogP contribution in [-0.2, 0) is 107 Å². The third-order valence-corrected chi connectivity index (χ3v) is 28.2. The van der Waals surface area contributed by atoms with Crippen LogP contribution in [0.4, 0.5) is 20.1 Å². The topological polar surface area (TPSA) is 443 Å². The molecular formula is C111H162N16O20S. The van der Waals surface area contributed by atoms with Crippen molar-refractivity contribution in [2.45, 2.75) is 265 Å². The number of esters is 1. The van der Waals surface area contributed by atoms with Crippen LogP contribution in [-0.4, -0.2) is 287 Å². The standard InChI is InChI=1S/C52H79N9O10.C43H68N6O8S.C16H15NO2/c1-8-37-15-17-39(18-16-37)56-49(66)42(13-11-25-55-51(53)68)57-50(67)48(36(2)3)58-44(62)19-20-46(64)61(29-31-70-33-32-69-30-24-47(65)71-52(4,5)6)40-21-26-59(27-22-40)45(63)23-28-60-41(35-54-7)34-38-12-9-10-14-43(38)60;1-13-28(6)37(47(8)42(53)35(26(2)3)46-40(52)36(27(4)5)48(9)43(54)57-12)33(55-10)25-34(50)49-22-17-20-32(49)38(56-11)29(7)39(51)45-31(41-44-21-23-58-41)24-30-18-15-14-16-19-30;1-17-16(18)19-10-15-13-8-4-2-6-11(13)12-7-3-5-9-14(12)15/h9-10,12,14-18,34,36,40,42,48,54H,8,11,13,19-33,35H2,1-7H3,(H,56,66)(H,57,67)(H,58,62)(H3,53,55,68);14-16,18-19,21,23,26-29,31-33,35-38H,13,17,20,22,24-25H2,1-12H3,(H,45,51)(H,46,52);2-9,15H,10H2,1H3,(H,17,18)/t42-,48-;28-,29+,31-,32-,33+,35-,36-,37-,38+;/m00./s1. The monoisotopic (exact) mass is 2070 g/mol. The van der Waals surface area contributed by atoms with Crippen molar-refractivity contribution in [3.05, 3.63) is 178 Å². The van der Waals surface area contributed by atoms with E-state index in [1.165, 1.54) is 52.6 Å². The van der Waals surface area contributed by atoms with E-state index in [1.54, 1.807) is 91.1 Å². The smallest absolute Gasteiger partial charge is 0.409 e. The maximum Gasteiger partial charge on any atom is 0.409 e. The Bertz CT molecular complexity index is 5350. The molecule has 1 aliphatic carbocycles. The molecule has 0 unspecified atom stereocenters. The Morgan fingerprint density at radius 2 is 1.28 bits per heavy atom. The Balaban J connectivity index is 0.000000308. The van der Waals surface area contributed by atoms with E-state index in [2.05, 4.69) is 94.5 Å². The number of hydrogen-bond acceptors (Lipinski definition) is 23. The molecule has 0 spiro atoms. The number of ether oxygens (including phenoxy) is 7. The summed E-state index contributed by atoms with van der Waals surface area (Å²) >= 11 is 1.49. The normalized spacial score (nSPS) is 15.5. The van der Waals surface area contributed by atoms with Crippen LogP contribution in [0.5, 0.6) is 0 Å². The molecule has 10 N–H and O–H groups in total. The number of piperidine rings is 1. The van der Waals surface area contributed by atoms with Gasteiger partial charge in [0.25, 0.3) is 0 Å². The number of anilines is 1. The maximum absolute atomic E-state index is 14.4. The van der Waals surface area contributed by atoms with Crippen LogP contribution >= 0.6 is 11.3 Å². The fraction of sp³-hybridized carbons (Fsp3) is 0.568. The number of nitrogens with one attached hydrogen (secondary N) is 8. The van der Waals surface area contributed by atoms with Gasteiger partial charge in [-0.3, -0.25) is 52.8 Å². The number of nitrogens with zero attached hydrogens (tertiary/aromatic N) is 7. The fourth-order valence-electron chi connectivity index (χ4n) is 19.3. The number of fused-ring (bicyclic) bond motifs is 4. The summed E-state index contributed by atoms with van der Waals surface area (Å²) in [5, 5.41) is 26.6. The highest BCUT2D eigenvalue weighted by molar-refractivity contribution is 7.09. The number of rotatable bonds is 52. The number of methoxy groups -OCH3 is 3. The number of likely N-dealkylation sites (N-methyl/N-ethyl adjacent to an activating group) is 2. The molecule has 148 heavy (non-hydrogen) atoms. The highest BCUT2D eigenvalue weighted by atomic mass is 32.1. The van der Waals surface area contributed by atoms with E-state index in [9.17, 15) is 62.3 Å². The molecule has 5 aromatic carbocycles. The first-order chi connectivity index (χ1) is 70.7. The third kappa shape index (κ3) is 36.2. The minimum absolute atomic E-state index is 0.00210. The number of carbonyl (C=O) groups excluding carboxylic acids is 13. The molecule has 0 radical (unpaired) electrons. The minimum Gasteiger partial charge on any atom is -0.460 e. The average molecular weight is 2070 g/mol. The van der Waals surface area contributed by atoms with Crippen LogP contribution in [0, 0.1) is 29.6 Å². The minimum atomic E-state index is -1.02. The zero-order valence-electron chi connectivity index (χ0n) is 90.3. The largest absolute Gasteiger partial charge is 0.460 e. The van der Waals surface area contributed by atoms with Gasteiger partial charge in [-0.2, -0.15) is 0 Å². The van der Waals surface area contributed by atoms with Gasteiger partial charge in [0.15, 0.2) is 0 Å². The second kappa shape index (κ2) is 60.9. The SMILES string of the molecule is CC[C@H](C)[C@@H]([C@@H](CC(=O)N1CCC[C@H]1[C@H](OC)[C@@H](C)C(=O)N[C@@H](Cc1ccccc1)c1nccs1)OC)N(C)C(=O)[C@@H](NC(=O)[C@H](C(C)C)N(C)C(=O)OC)C(C)C.CCc1ccc(NC(=O)[C@H](CCCNC(N)=O)NC(=O)[C@@H](NC(=O)CCC(=O)N(CCOCCOCCC(=O)OC(C)(C)C)C2CCN(C(=O)CCn3c(CNC)cc4ccccc43)CC2)C(C)C)cc1.CNC(=O)OCC1c2ccccc2-c2ccccc21. The summed E-state index contributed by atoms with van der Waals surface area (Å²) in [4.78, 5) is 184. The number of likely N-dealkylation sites (tertiary alicyclic amines) is 2. The van der Waals surface area contributed by atoms with E-state index in [1.807, 2.05) is 156 Å². The first-order valence-corrected chi connectivity index (χ1v) is 52.8. The average Bonchev–Trinajstić information content (AvgIpc) is 1.62. The van der Waals surface area contributed by atoms with E-state index in [0.717, 1.165) is 45.6 Å². The van der Waals surface area contributed by atoms with Gasteiger partial charge in [-0.1, -0.05) is 185 Å². The molecule has 11 atom stereocenters. The molecule has 0 bridgehead atoms. The molecule has 2 aliphatic heterocycles. The number of benzene rings is 5. The predicted molar refractivity (Wildman–Crippen MR) is 571 cm³/mol. The summed E-state index contributed by atoms with van der Waals surface area (Å²) in [5.41, 5.74) is 14.5. The fourth-order valence-corrected chi connectivity index (χ4v) is 20.0. The van der Waals surface area contributed by atoms with Gasteiger partial charge in [-0.15, -0.1) is 11.3 Å². The molecule has 4 heterocycles.